The molecule has 2 aromatic rings. The number of benzene rings is 1. The monoisotopic (exact) mass is 337 g/mol. The van der Waals surface area contributed by atoms with E-state index < -0.39 is 0 Å². The van der Waals surface area contributed by atoms with Gasteiger partial charge in [-0.05, 0) is 42.3 Å². The van der Waals surface area contributed by atoms with Gasteiger partial charge in [0.1, 0.15) is 6.10 Å². The predicted octanol–water partition coefficient (Wildman–Crippen LogP) is 4.63. The molecule has 0 amide bonds. The molecule has 2 rings (SSSR count). The van der Waals surface area contributed by atoms with Crippen LogP contribution in [0.15, 0.2) is 18.2 Å². The van der Waals surface area contributed by atoms with Crippen LogP contribution in [0, 0.1) is 0 Å². The van der Waals surface area contributed by atoms with E-state index in [9.17, 15) is 0 Å². The van der Waals surface area contributed by atoms with E-state index >= 15 is 0 Å². The zero-order valence-corrected chi connectivity index (χ0v) is 12.6. The van der Waals surface area contributed by atoms with Crippen molar-refractivity contribution in [2.75, 3.05) is 0 Å². The average molecular weight is 339 g/mol. The van der Waals surface area contributed by atoms with Crippen molar-refractivity contribution in [3.05, 3.63) is 44.4 Å². The van der Waals surface area contributed by atoms with Crippen LogP contribution in [-0.4, -0.2) is 15.0 Å². The van der Waals surface area contributed by atoms with Crippen molar-refractivity contribution < 1.29 is 4.74 Å². The molecular formula is C11H7Cl4N3O. The third-order valence-corrected chi connectivity index (χ3v) is 3.14. The number of nitrogens with zero attached hydrogens (tertiary/aromatic N) is 3. The fourth-order valence-corrected chi connectivity index (χ4v) is 2.32. The molecule has 0 aliphatic rings. The molecule has 1 aromatic carbocycles. The maximum absolute atomic E-state index is 6.08. The Hall–Kier alpha value is -0.810. The minimum Gasteiger partial charge on any atom is -0.455 e. The fourth-order valence-electron chi connectivity index (χ4n) is 1.41. The van der Waals surface area contributed by atoms with Gasteiger partial charge in [-0.2, -0.15) is 15.0 Å². The van der Waals surface area contributed by atoms with Crippen molar-refractivity contribution in [3.63, 3.8) is 0 Å². The van der Waals surface area contributed by atoms with Crippen LogP contribution in [0.2, 0.25) is 20.6 Å². The Bertz CT molecular complexity index is 588. The molecule has 1 heterocycles. The van der Waals surface area contributed by atoms with Gasteiger partial charge < -0.3 is 4.74 Å². The first-order valence-corrected chi connectivity index (χ1v) is 6.65. The largest absolute Gasteiger partial charge is 0.455 e. The van der Waals surface area contributed by atoms with Gasteiger partial charge in [0.25, 0.3) is 0 Å². The van der Waals surface area contributed by atoms with Crippen LogP contribution in [-0.2, 0) is 0 Å². The normalized spacial score (nSPS) is 12.3. The second-order valence-corrected chi connectivity index (χ2v) is 5.10. The summed E-state index contributed by atoms with van der Waals surface area (Å²) in [5.41, 5.74) is 0.749. The first-order valence-electron chi connectivity index (χ1n) is 5.14. The van der Waals surface area contributed by atoms with Gasteiger partial charge in [0.2, 0.25) is 10.6 Å². The van der Waals surface area contributed by atoms with Crippen molar-refractivity contribution in [1.29, 1.82) is 0 Å². The average Bonchev–Trinajstić information content (AvgIpc) is 2.26. The zero-order chi connectivity index (χ0) is 14.0. The molecule has 0 N–H and O–H groups in total. The molecule has 0 bridgehead atoms. The lowest BCUT2D eigenvalue weighted by molar-refractivity contribution is 0.207. The SMILES string of the molecule is CC(Oc1nc(Cl)nc(Cl)n1)c1ccc(Cl)cc1Cl. The van der Waals surface area contributed by atoms with Crippen LogP contribution in [0.5, 0.6) is 6.01 Å². The maximum Gasteiger partial charge on any atom is 0.322 e. The van der Waals surface area contributed by atoms with E-state index in [4.69, 9.17) is 51.1 Å². The topological polar surface area (TPSA) is 47.9 Å². The van der Waals surface area contributed by atoms with Gasteiger partial charge in [-0.15, -0.1) is 0 Å². The number of halogens is 4. The summed E-state index contributed by atoms with van der Waals surface area (Å²) in [6, 6.07) is 5.14. The van der Waals surface area contributed by atoms with Crippen molar-refractivity contribution in [1.82, 2.24) is 15.0 Å². The Labute approximate surface area is 129 Å². The number of hydrogen-bond acceptors (Lipinski definition) is 4. The van der Waals surface area contributed by atoms with Gasteiger partial charge in [0, 0.05) is 15.6 Å². The molecule has 0 aliphatic heterocycles. The molecule has 1 unspecified atom stereocenters. The third kappa shape index (κ3) is 3.83. The summed E-state index contributed by atoms with van der Waals surface area (Å²) in [5.74, 6) is 0. The Morgan fingerprint density at radius 2 is 1.63 bits per heavy atom. The minimum absolute atomic E-state index is 0.0310. The van der Waals surface area contributed by atoms with Gasteiger partial charge in [0.15, 0.2) is 0 Å². The number of hydrogen-bond donors (Lipinski definition) is 0. The Kier molecular flexibility index (Phi) is 4.68. The van der Waals surface area contributed by atoms with Crippen LogP contribution in [0.3, 0.4) is 0 Å². The van der Waals surface area contributed by atoms with Gasteiger partial charge in [-0.3, -0.25) is 0 Å². The van der Waals surface area contributed by atoms with Crippen LogP contribution >= 0.6 is 46.4 Å². The van der Waals surface area contributed by atoms with Crippen molar-refractivity contribution in [2.24, 2.45) is 0 Å². The molecule has 0 fully saturated rings. The van der Waals surface area contributed by atoms with Gasteiger partial charge >= 0.3 is 6.01 Å². The minimum atomic E-state index is -0.390. The summed E-state index contributed by atoms with van der Waals surface area (Å²) >= 11 is 23.2. The van der Waals surface area contributed by atoms with E-state index in [-0.39, 0.29) is 22.7 Å². The van der Waals surface area contributed by atoms with Crippen LogP contribution in [0.1, 0.15) is 18.6 Å². The molecule has 1 atom stereocenters. The van der Waals surface area contributed by atoms with Crippen LogP contribution < -0.4 is 4.74 Å². The zero-order valence-electron chi connectivity index (χ0n) is 9.57. The first-order chi connectivity index (χ1) is 8.95. The molecular weight excluding hydrogens is 332 g/mol. The highest BCUT2D eigenvalue weighted by Crippen LogP contribution is 2.28. The molecule has 19 heavy (non-hydrogen) atoms. The second-order valence-electron chi connectivity index (χ2n) is 3.58. The van der Waals surface area contributed by atoms with Gasteiger partial charge in [0.05, 0.1) is 0 Å². The van der Waals surface area contributed by atoms with E-state index in [1.807, 2.05) is 0 Å². The molecule has 8 heteroatoms. The first kappa shape index (κ1) is 14.6. The summed E-state index contributed by atoms with van der Waals surface area (Å²) in [6.45, 7) is 1.79. The number of aromatic nitrogens is 3. The van der Waals surface area contributed by atoms with Gasteiger partial charge in [-0.1, -0.05) is 29.3 Å². The van der Waals surface area contributed by atoms with Crippen molar-refractivity contribution in [2.45, 2.75) is 13.0 Å². The van der Waals surface area contributed by atoms with Crippen LogP contribution in [0.4, 0.5) is 0 Å². The molecule has 4 nitrogen and oxygen atoms in total. The number of rotatable bonds is 3. The molecule has 0 saturated heterocycles. The van der Waals surface area contributed by atoms with Crippen molar-refractivity contribution >= 4 is 46.4 Å². The van der Waals surface area contributed by atoms with Crippen LogP contribution in [0.25, 0.3) is 0 Å². The van der Waals surface area contributed by atoms with E-state index in [0.29, 0.717) is 10.0 Å². The Balaban J connectivity index is 2.22. The molecule has 1 aromatic heterocycles. The lowest BCUT2D eigenvalue weighted by Crippen LogP contribution is -2.07. The highest BCUT2D eigenvalue weighted by atomic mass is 35.5. The lowest BCUT2D eigenvalue weighted by Gasteiger charge is -2.14. The predicted molar refractivity (Wildman–Crippen MR) is 75.4 cm³/mol. The molecule has 0 radical (unpaired) electrons. The smallest absolute Gasteiger partial charge is 0.322 e. The molecule has 100 valence electrons. The summed E-state index contributed by atoms with van der Waals surface area (Å²) in [6.07, 6.45) is -0.390. The highest BCUT2D eigenvalue weighted by Gasteiger charge is 2.14. The molecule has 0 spiro atoms. The quantitative estimate of drug-likeness (QED) is 0.818. The molecule has 0 saturated carbocycles. The summed E-state index contributed by atoms with van der Waals surface area (Å²) in [7, 11) is 0. The maximum atomic E-state index is 6.08. The fraction of sp³-hybridized carbons (Fsp3) is 0.182. The lowest BCUT2D eigenvalue weighted by atomic mass is 10.1. The Morgan fingerprint density at radius 1 is 1.00 bits per heavy atom. The van der Waals surface area contributed by atoms with Gasteiger partial charge in [-0.25, -0.2) is 0 Å². The van der Waals surface area contributed by atoms with E-state index in [0.717, 1.165) is 5.56 Å². The highest BCUT2D eigenvalue weighted by molar-refractivity contribution is 6.35. The molecule has 0 aliphatic carbocycles. The van der Waals surface area contributed by atoms with Crippen molar-refractivity contribution in [3.8, 4) is 6.01 Å². The summed E-state index contributed by atoms with van der Waals surface area (Å²) in [4.78, 5) is 11.3. The van der Waals surface area contributed by atoms with E-state index in [2.05, 4.69) is 15.0 Å². The van der Waals surface area contributed by atoms with E-state index in [1.54, 1.807) is 25.1 Å². The number of ether oxygens (including phenoxy) is 1. The second kappa shape index (κ2) is 6.09. The van der Waals surface area contributed by atoms with E-state index in [1.165, 1.54) is 0 Å². The Morgan fingerprint density at radius 3 is 2.21 bits per heavy atom. The summed E-state index contributed by atoms with van der Waals surface area (Å²) < 4.78 is 5.52. The third-order valence-electron chi connectivity index (χ3n) is 2.24. The standard InChI is InChI=1S/C11H7Cl4N3O/c1-5(7-3-2-6(12)4-8(7)13)19-11-17-9(14)16-10(15)18-11/h2-5H,1H3. The summed E-state index contributed by atoms with van der Waals surface area (Å²) in [5, 5.41) is 0.965.